The molecule has 1 fully saturated rings. The molecule has 0 amide bonds. The minimum absolute atomic E-state index is 0.0345. The van der Waals surface area contributed by atoms with Gasteiger partial charge in [-0.1, -0.05) is 93.6 Å². The van der Waals surface area contributed by atoms with Gasteiger partial charge in [0.05, 0.1) is 28.9 Å². The fourth-order valence-corrected chi connectivity index (χ4v) is 12.6. The lowest BCUT2D eigenvalue weighted by atomic mass is 9.79. The number of rotatable bonds is 11. The van der Waals surface area contributed by atoms with E-state index in [0.717, 1.165) is 10.4 Å². The van der Waals surface area contributed by atoms with Crippen LogP contribution in [-0.4, -0.2) is 82.7 Å². The predicted molar refractivity (Wildman–Crippen MR) is 210 cm³/mol. The number of aliphatic hydroxyl groups is 2. The summed E-state index contributed by atoms with van der Waals surface area (Å²) in [5.41, 5.74) is -1.57. The lowest BCUT2D eigenvalue weighted by molar-refractivity contribution is -0.188. The Morgan fingerprint density at radius 2 is 1.40 bits per heavy atom. The van der Waals surface area contributed by atoms with Gasteiger partial charge >= 0.3 is 5.97 Å². The largest absolute Gasteiger partial charge is 0.507 e. The standard InChI is InChI=1S/C43H47ClO10Si/c1-25-37(46)33(54-34(45)24-44)22-32(53-25)29-18-19-31-36(39(29)48)41(50)30-17-16-26(38(47)35(30)40(31)49)23-43(5,51)20-21-52-55(42(2,3)4,27-12-8-6-9-13-27)28-14-10-7-11-15-28/h6-19,25,32-33,37,46-48,51H,20-24H2,1-5H3/t25-,32-,33-,37-,43+/m1/s1. The molecule has 4 aromatic rings. The van der Waals surface area contributed by atoms with Crippen molar-refractivity contribution in [3.8, 4) is 11.5 Å². The van der Waals surface area contributed by atoms with Crippen molar-refractivity contribution in [1.82, 2.24) is 0 Å². The monoisotopic (exact) mass is 786 g/mol. The van der Waals surface area contributed by atoms with Gasteiger partial charge in [-0.25, -0.2) is 0 Å². The third kappa shape index (κ3) is 7.61. The SMILES string of the molecule is C[C@H]1O[C@@H](c2ccc3c(c2O)C(=O)c2ccc(C[C@@](C)(O)CCO[Si](c4ccccc4)(c4ccccc4)C(C)(C)C)c(O)c2C3=O)C[C@@H](OC(=O)CCl)[C@@H]1O. The van der Waals surface area contributed by atoms with Gasteiger partial charge in [0.2, 0.25) is 0 Å². The molecule has 6 rings (SSSR count). The van der Waals surface area contributed by atoms with Crippen molar-refractivity contribution >= 4 is 47.8 Å². The fraction of sp³-hybridized carbons (Fsp3) is 0.372. The van der Waals surface area contributed by atoms with Crippen molar-refractivity contribution in [2.45, 2.75) is 88.9 Å². The van der Waals surface area contributed by atoms with Crippen LogP contribution in [0.3, 0.4) is 0 Å². The maximum Gasteiger partial charge on any atom is 0.321 e. The van der Waals surface area contributed by atoms with Crippen LogP contribution >= 0.6 is 11.6 Å². The number of esters is 1. The molecule has 4 N–H and O–H groups in total. The Morgan fingerprint density at radius 3 is 1.95 bits per heavy atom. The maximum absolute atomic E-state index is 13.9. The van der Waals surface area contributed by atoms with Crippen LogP contribution in [-0.2, 0) is 25.1 Å². The zero-order valence-corrected chi connectivity index (χ0v) is 33.3. The first-order valence-electron chi connectivity index (χ1n) is 18.4. The molecule has 0 unspecified atom stereocenters. The van der Waals surface area contributed by atoms with Crippen LogP contribution < -0.4 is 10.4 Å². The highest BCUT2D eigenvalue weighted by molar-refractivity contribution is 6.99. The number of phenols is 2. The van der Waals surface area contributed by atoms with Crippen molar-refractivity contribution < 1.29 is 48.7 Å². The number of benzene rings is 4. The number of ketones is 2. The molecule has 290 valence electrons. The van der Waals surface area contributed by atoms with Gasteiger partial charge in [0.1, 0.15) is 29.6 Å². The lowest BCUT2D eigenvalue weighted by Gasteiger charge is -2.43. The molecule has 0 saturated carbocycles. The first-order chi connectivity index (χ1) is 26.0. The third-order valence-electron chi connectivity index (χ3n) is 10.8. The highest BCUT2D eigenvalue weighted by Gasteiger charge is 2.50. The molecule has 0 spiro atoms. The van der Waals surface area contributed by atoms with Crippen LogP contribution in [0.25, 0.3) is 0 Å². The molecule has 1 saturated heterocycles. The average molecular weight is 787 g/mol. The van der Waals surface area contributed by atoms with Crippen molar-refractivity contribution in [3.05, 3.63) is 118 Å². The average Bonchev–Trinajstić information content (AvgIpc) is 3.15. The molecule has 10 nitrogen and oxygen atoms in total. The van der Waals surface area contributed by atoms with E-state index in [4.69, 9.17) is 25.5 Å². The predicted octanol–water partition coefficient (Wildman–Crippen LogP) is 5.49. The molecule has 1 aliphatic carbocycles. The van der Waals surface area contributed by atoms with Crippen LogP contribution in [0.1, 0.15) is 96.5 Å². The number of carbonyl (C=O) groups is 3. The van der Waals surface area contributed by atoms with E-state index in [1.165, 1.54) is 24.3 Å². The maximum atomic E-state index is 13.9. The third-order valence-corrected chi connectivity index (χ3v) is 16.0. The zero-order valence-electron chi connectivity index (χ0n) is 31.5. The molecule has 12 heteroatoms. The number of ether oxygens (including phenoxy) is 2. The summed E-state index contributed by atoms with van der Waals surface area (Å²) in [5.74, 6) is -3.37. The Morgan fingerprint density at radius 1 is 0.855 bits per heavy atom. The van der Waals surface area contributed by atoms with E-state index in [2.05, 4.69) is 45.0 Å². The summed E-state index contributed by atoms with van der Waals surface area (Å²) < 4.78 is 18.2. The number of halogens is 1. The number of phenolic OH excluding ortho intramolecular Hbond substituents is 2. The van der Waals surface area contributed by atoms with Crippen LogP contribution in [0, 0.1) is 0 Å². The summed E-state index contributed by atoms with van der Waals surface area (Å²) in [6.45, 7) is 9.97. The molecule has 4 aromatic carbocycles. The highest BCUT2D eigenvalue weighted by atomic mass is 35.5. The second-order valence-electron chi connectivity index (χ2n) is 15.7. The first-order valence-corrected chi connectivity index (χ1v) is 20.8. The van der Waals surface area contributed by atoms with Gasteiger partial charge in [-0.15, -0.1) is 11.6 Å². The van der Waals surface area contributed by atoms with Crippen LogP contribution in [0.4, 0.5) is 0 Å². The van der Waals surface area contributed by atoms with Crippen molar-refractivity contribution in [1.29, 1.82) is 0 Å². The van der Waals surface area contributed by atoms with E-state index in [9.17, 15) is 34.8 Å². The molecular weight excluding hydrogens is 740 g/mol. The number of carbonyl (C=O) groups excluding carboxylic acids is 3. The minimum atomic E-state index is -2.87. The molecule has 0 radical (unpaired) electrons. The number of alkyl halides is 1. The summed E-state index contributed by atoms with van der Waals surface area (Å²) >= 11 is 5.59. The molecule has 1 heterocycles. The fourth-order valence-electron chi connectivity index (χ4n) is 8.00. The quantitative estimate of drug-likeness (QED) is 0.0766. The van der Waals surface area contributed by atoms with Gasteiger partial charge < -0.3 is 34.3 Å². The van der Waals surface area contributed by atoms with Crippen LogP contribution in [0.2, 0.25) is 5.04 Å². The van der Waals surface area contributed by atoms with Gasteiger partial charge in [-0.2, -0.15) is 0 Å². The summed E-state index contributed by atoms with van der Waals surface area (Å²) in [7, 11) is -2.87. The Bertz CT molecular complexity index is 2040. The highest BCUT2D eigenvalue weighted by Crippen LogP contribution is 2.44. The number of fused-ring (bicyclic) bond motifs is 2. The Labute approximate surface area is 326 Å². The number of hydrogen-bond donors (Lipinski definition) is 4. The zero-order chi connectivity index (χ0) is 39.9. The molecule has 5 atom stereocenters. The van der Waals surface area contributed by atoms with E-state index in [-0.39, 0.29) is 64.3 Å². The van der Waals surface area contributed by atoms with Crippen LogP contribution in [0.15, 0.2) is 84.9 Å². The molecule has 2 aliphatic rings. The summed E-state index contributed by atoms with van der Waals surface area (Å²) in [4.78, 5) is 39.8. The topological polar surface area (TPSA) is 160 Å². The second kappa shape index (κ2) is 15.6. The first kappa shape index (κ1) is 40.3. The number of aliphatic hydroxyl groups excluding tert-OH is 1. The van der Waals surface area contributed by atoms with Crippen molar-refractivity contribution in [3.63, 3.8) is 0 Å². The van der Waals surface area contributed by atoms with Crippen LogP contribution in [0.5, 0.6) is 11.5 Å². The van der Waals surface area contributed by atoms with Gasteiger partial charge in [0.15, 0.2) is 11.6 Å². The van der Waals surface area contributed by atoms with E-state index in [0.29, 0.717) is 0 Å². The van der Waals surface area contributed by atoms with E-state index < -0.39 is 73.2 Å². The van der Waals surface area contributed by atoms with Gasteiger partial charge in [0.25, 0.3) is 8.32 Å². The summed E-state index contributed by atoms with van der Waals surface area (Å²) in [6, 6.07) is 26.1. The lowest BCUT2D eigenvalue weighted by Crippen LogP contribution is -2.66. The van der Waals surface area contributed by atoms with Gasteiger partial charge in [0, 0.05) is 36.1 Å². The minimum Gasteiger partial charge on any atom is -0.507 e. The molecule has 0 bridgehead atoms. The smallest absolute Gasteiger partial charge is 0.321 e. The van der Waals surface area contributed by atoms with E-state index in [1.54, 1.807) is 13.8 Å². The Balaban J connectivity index is 1.23. The second-order valence-corrected chi connectivity index (χ2v) is 20.3. The summed E-state index contributed by atoms with van der Waals surface area (Å²) in [5, 5.41) is 47.1. The normalized spacial score (nSPS) is 21.0. The summed E-state index contributed by atoms with van der Waals surface area (Å²) in [6.07, 6.45) is -3.67. The molecule has 55 heavy (non-hydrogen) atoms. The van der Waals surface area contributed by atoms with Gasteiger partial charge in [-0.3, -0.25) is 14.4 Å². The van der Waals surface area contributed by atoms with E-state index in [1.807, 2.05) is 36.4 Å². The molecule has 0 aromatic heterocycles. The molecular formula is C43H47ClO10Si. The molecule has 1 aliphatic heterocycles. The van der Waals surface area contributed by atoms with Gasteiger partial charge in [-0.05, 0) is 53.4 Å². The van der Waals surface area contributed by atoms with Crippen molar-refractivity contribution in [2.24, 2.45) is 0 Å². The Hall–Kier alpha value is -4.36. The Kier molecular flexibility index (Phi) is 11.5. The number of aromatic hydroxyl groups is 2. The van der Waals surface area contributed by atoms with E-state index >= 15 is 0 Å². The van der Waals surface area contributed by atoms with Crippen molar-refractivity contribution in [2.75, 3.05) is 12.5 Å². The number of hydrogen-bond acceptors (Lipinski definition) is 10.